The van der Waals surface area contributed by atoms with Gasteiger partial charge in [-0.3, -0.25) is 9.11 Å². The largest absolute Gasteiger partial charge is 0.394 e. The van der Waals surface area contributed by atoms with Crippen LogP contribution in [-0.2, 0) is 21.1 Å². The predicted molar refractivity (Wildman–Crippen MR) is 59.3 cm³/mol. The Labute approximate surface area is 95.5 Å². The highest BCUT2D eigenvalue weighted by Crippen LogP contribution is 2.13. The standard InChI is InChI=1S/C8H10O2S.H2O4S/c1-7(11(9)10)8-5-3-2-4-6-8;1-5(2,3)4/h2-7,11H,1H3;(H2,1,2,3,4). The molecule has 0 spiro atoms. The first-order valence-electron chi connectivity index (χ1n) is 4.10. The smallest absolute Gasteiger partial charge is 0.264 e. The van der Waals surface area contributed by atoms with Crippen LogP contribution in [0.1, 0.15) is 17.7 Å². The van der Waals surface area contributed by atoms with E-state index in [0.717, 1.165) is 5.56 Å². The molecule has 0 saturated carbocycles. The van der Waals surface area contributed by atoms with Crippen molar-refractivity contribution < 1.29 is 25.9 Å². The average Bonchev–Trinajstić information content (AvgIpc) is 2.15. The Bertz CT molecular complexity index is 461. The number of rotatable bonds is 2. The molecule has 0 aliphatic carbocycles. The third-order valence-electron chi connectivity index (χ3n) is 1.60. The molecule has 0 amide bonds. The fraction of sp³-hybridized carbons (Fsp3) is 0.250. The maximum absolute atomic E-state index is 10.5. The predicted octanol–water partition coefficient (Wildman–Crippen LogP) is 0.706. The van der Waals surface area contributed by atoms with Crippen LogP contribution in [-0.4, -0.2) is 25.9 Å². The summed E-state index contributed by atoms with van der Waals surface area (Å²) in [6.45, 7) is 1.68. The second-order valence-corrected chi connectivity index (χ2v) is 5.06. The third-order valence-corrected chi connectivity index (χ3v) is 2.53. The van der Waals surface area contributed by atoms with Crippen molar-refractivity contribution in [1.82, 2.24) is 0 Å². The normalized spacial score (nSPS) is 12.8. The molecule has 1 aromatic rings. The first-order valence-corrected chi connectivity index (χ1v) is 6.74. The lowest BCUT2D eigenvalue weighted by Gasteiger charge is -2.01. The minimum atomic E-state index is -4.67. The minimum absolute atomic E-state index is 0.369. The second-order valence-electron chi connectivity index (χ2n) is 2.82. The molecule has 1 atom stereocenters. The van der Waals surface area contributed by atoms with Crippen LogP contribution in [0.3, 0.4) is 0 Å². The van der Waals surface area contributed by atoms with Gasteiger partial charge in [0.15, 0.2) is 0 Å². The van der Waals surface area contributed by atoms with Crippen LogP contribution in [0.2, 0.25) is 0 Å². The van der Waals surface area contributed by atoms with Gasteiger partial charge < -0.3 is 0 Å². The molecule has 0 bridgehead atoms. The summed E-state index contributed by atoms with van der Waals surface area (Å²) in [5.74, 6) is 0. The van der Waals surface area contributed by atoms with Crippen LogP contribution in [0.4, 0.5) is 0 Å². The van der Waals surface area contributed by atoms with E-state index in [9.17, 15) is 8.42 Å². The molecule has 0 radical (unpaired) electrons. The fourth-order valence-electron chi connectivity index (χ4n) is 0.853. The minimum Gasteiger partial charge on any atom is -0.264 e. The molecule has 0 fully saturated rings. The van der Waals surface area contributed by atoms with E-state index in [2.05, 4.69) is 0 Å². The van der Waals surface area contributed by atoms with Gasteiger partial charge in [-0.2, -0.15) is 8.42 Å². The molecule has 2 N–H and O–H groups in total. The summed E-state index contributed by atoms with van der Waals surface area (Å²) in [5.41, 5.74) is 0.851. The zero-order chi connectivity index (χ0) is 12.8. The van der Waals surface area contributed by atoms with Crippen molar-refractivity contribution in [3.63, 3.8) is 0 Å². The Morgan fingerprint density at radius 1 is 1.12 bits per heavy atom. The molecular weight excluding hydrogens is 256 g/mol. The molecule has 16 heavy (non-hydrogen) atoms. The monoisotopic (exact) mass is 268 g/mol. The van der Waals surface area contributed by atoms with Crippen molar-refractivity contribution >= 4 is 21.1 Å². The molecule has 0 aromatic heterocycles. The Hall–Kier alpha value is -0.960. The van der Waals surface area contributed by atoms with Crippen molar-refractivity contribution in [1.29, 1.82) is 0 Å². The maximum Gasteiger partial charge on any atom is 0.394 e. The van der Waals surface area contributed by atoms with Crippen molar-refractivity contribution in [2.75, 3.05) is 0 Å². The highest BCUT2D eigenvalue weighted by atomic mass is 32.3. The van der Waals surface area contributed by atoms with Gasteiger partial charge in [0.25, 0.3) is 0 Å². The van der Waals surface area contributed by atoms with Gasteiger partial charge in [-0.15, -0.1) is 0 Å². The van der Waals surface area contributed by atoms with E-state index in [1.54, 1.807) is 6.92 Å². The molecular formula is C8H12O6S2. The Kier molecular flexibility index (Phi) is 6.19. The lowest BCUT2D eigenvalue weighted by Crippen LogP contribution is -1.93. The van der Waals surface area contributed by atoms with Gasteiger partial charge in [0.05, 0.1) is 5.25 Å². The Morgan fingerprint density at radius 3 is 1.81 bits per heavy atom. The van der Waals surface area contributed by atoms with Crippen molar-refractivity contribution in [3.05, 3.63) is 35.9 Å². The van der Waals surface area contributed by atoms with Gasteiger partial charge in [0.2, 0.25) is 0 Å². The topological polar surface area (TPSA) is 109 Å². The number of thiol groups is 1. The third kappa shape index (κ3) is 8.36. The van der Waals surface area contributed by atoms with Crippen LogP contribution in [0.15, 0.2) is 30.3 Å². The van der Waals surface area contributed by atoms with Crippen molar-refractivity contribution in [3.8, 4) is 0 Å². The van der Waals surface area contributed by atoms with Gasteiger partial charge in [-0.05, 0) is 12.5 Å². The summed E-state index contributed by atoms with van der Waals surface area (Å²) >= 11 is 0. The highest BCUT2D eigenvalue weighted by Gasteiger charge is 2.05. The van der Waals surface area contributed by atoms with Crippen LogP contribution in [0.5, 0.6) is 0 Å². The molecule has 1 unspecified atom stereocenters. The number of hydrogen-bond donors (Lipinski definition) is 3. The zero-order valence-corrected chi connectivity index (χ0v) is 10.1. The quantitative estimate of drug-likeness (QED) is 0.538. The molecule has 0 aliphatic heterocycles. The maximum atomic E-state index is 10.5. The summed E-state index contributed by atoms with van der Waals surface area (Å²) in [5, 5.41) is -0.369. The van der Waals surface area contributed by atoms with Gasteiger partial charge in [-0.1, -0.05) is 30.3 Å². The first-order chi connectivity index (χ1) is 7.22. The molecule has 1 aromatic carbocycles. The van der Waals surface area contributed by atoms with E-state index < -0.39 is 21.1 Å². The van der Waals surface area contributed by atoms with Crippen LogP contribution >= 0.6 is 0 Å². The Morgan fingerprint density at radius 2 is 1.50 bits per heavy atom. The van der Waals surface area contributed by atoms with Gasteiger partial charge in [0, 0.05) is 0 Å². The first kappa shape index (κ1) is 15.0. The zero-order valence-electron chi connectivity index (χ0n) is 8.35. The van der Waals surface area contributed by atoms with Gasteiger partial charge in [-0.25, -0.2) is 8.42 Å². The van der Waals surface area contributed by atoms with E-state index in [4.69, 9.17) is 17.5 Å². The van der Waals surface area contributed by atoms with E-state index in [0.29, 0.717) is 0 Å². The van der Waals surface area contributed by atoms with E-state index >= 15 is 0 Å². The summed E-state index contributed by atoms with van der Waals surface area (Å²) in [7, 11) is -7.00. The highest BCUT2D eigenvalue weighted by molar-refractivity contribution is 7.79. The second kappa shape index (κ2) is 6.59. The van der Waals surface area contributed by atoms with Crippen LogP contribution in [0, 0.1) is 0 Å². The molecule has 0 aliphatic rings. The summed E-state index contributed by atoms with van der Waals surface area (Å²) in [6.07, 6.45) is 0. The molecule has 0 saturated heterocycles. The average molecular weight is 268 g/mol. The molecule has 8 heteroatoms. The van der Waals surface area contributed by atoms with Crippen molar-refractivity contribution in [2.45, 2.75) is 12.2 Å². The number of benzene rings is 1. The van der Waals surface area contributed by atoms with Crippen LogP contribution in [0.25, 0.3) is 0 Å². The lowest BCUT2D eigenvalue weighted by molar-refractivity contribution is 0.381. The SMILES string of the molecule is CC(c1ccccc1)[SH](=O)=O.O=S(=O)(O)O. The Balaban J connectivity index is 0.000000385. The van der Waals surface area contributed by atoms with E-state index in [1.807, 2.05) is 30.3 Å². The fourth-order valence-corrected chi connectivity index (χ4v) is 1.27. The van der Waals surface area contributed by atoms with E-state index in [1.165, 1.54) is 0 Å². The summed E-state index contributed by atoms with van der Waals surface area (Å²) < 4.78 is 52.7. The van der Waals surface area contributed by atoms with Crippen LogP contribution < -0.4 is 0 Å². The van der Waals surface area contributed by atoms with Gasteiger partial charge in [0.1, 0.15) is 10.7 Å². The molecule has 1 rings (SSSR count). The summed E-state index contributed by atoms with van der Waals surface area (Å²) in [6, 6.07) is 9.18. The number of hydrogen-bond acceptors (Lipinski definition) is 4. The summed E-state index contributed by atoms with van der Waals surface area (Å²) in [4.78, 5) is 0. The molecule has 92 valence electrons. The molecule has 6 nitrogen and oxygen atoms in total. The van der Waals surface area contributed by atoms with E-state index in [-0.39, 0.29) is 5.25 Å². The molecule has 0 heterocycles. The van der Waals surface area contributed by atoms with Crippen molar-refractivity contribution in [2.24, 2.45) is 0 Å². The lowest BCUT2D eigenvalue weighted by atomic mass is 10.2. The van der Waals surface area contributed by atoms with Gasteiger partial charge >= 0.3 is 10.4 Å².